The number of rotatable bonds is 3. The van der Waals surface area contributed by atoms with E-state index >= 15 is 0 Å². The lowest BCUT2D eigenvalue weighted by atomic mass is 10.0. The Labute approximate surface area is 110 Å². The lowest BCUT2D eigenvalue weighted by molar-refractivity contribution is -0.125. The normalized spacial score (nSPS) is 17.7. The van der Waals surface area contributed by atoms with Gasteiger partial charge in [0.15, 0.2) is 0 Å². The second-order valence-electron chi connectivity index (χ2n) is 5.56. The van der Waals surface area contributed by atoms with Crippen LogP contribution in [-0.4, -0.2) is 5.91 Å². The maximum atomic E-state index is 12.1. The fraction of sp³-hybridized carbons (Fsp3) is 0.562. The molecule has 2 heteroatoms. The number of hydrogen-bond acceptors (Lipinski definition) is 1. The van der Waals surface area contributed by atoms with Gasteiger partial charge in [0.1, 0.15) is 0 Å². The van der Waals surface area contributed by atoms with Crippen LogP contribution in [0.5, 0.6) is 0 Å². The van der Waals surface area contributed by atoms with Crippen LogP contribution in [0.25, 0.3) is 0 Å². The molecule has 0 aliphatic heterocycles. The van der Waals surface area contributed by atoms with Crippen LogP contribution < -0.4 is 5.32 Å². The quantitative estimate of drug-likeness (QED) is 0.865. The van der Waals surface area contributed by atoms with Crippen molar-refractivity contribution >= 4 is 5.91 Å². The van der Waals surface area contributed by atoms with Gasteiger partial charge in [-0.25, -0.2) is 0 Å². The van der Waals surface area contributed by atoms with Gasteiger partial charge in [0.05, 0.1) is 6.04 Å². The summed E-state index contributed by atoms with van der Waals surface area (Å²) >= 11 is 0. The third-order valence-corrected chi connectivity index (χ3v) is 4.12. The van der Waals surface area contributed by atoms with Gasteiger partial charge >= 0.3 is 0 Å². The Hall–Kier alpha value is -1.31. The molecular weight excluding hydrogens is 222 g/mol. The minimum absolute atomic E-state index is 0.109. The molecule has 0 bridgehead atoms. The highest BCUT2D eigenvalue weighted by Gasteiger charge is 2.23. The van der Waals surface area contributed by atoms with Crippen molar-refractivity contribution in [3.8, 4) is 0 Å². The molecule has 0 spiro atoms. The number of hydrogen-bond donors (Lipinski definition) is 1. The van der Waals surface area contributed by atoms with Gasteiger partial charge in [-0.2, -0.15) is 0 Å². The van der Waals surface area contributed by atoms with Crippen molar-refractivity contribution in [2.24, 2.45) is 5.92 Å². The van der Waals surface area contributed by atoms with Gasteiger partial charge in [-0.3, -0.25) is 4.79 Å². The molecule has 1 aliphatic carbocycles. The first kappa shape index (κ1) is 13.1. The summed E-state index contributed by atoms with van der Waals surface area (Å²) in [5.41, 5.74) is 3.78. The zero-order valence-electron chi connectivity index (χ0n) is 11.6. The van der Waals surface area contributed by atoms with E-state index in [0.29, 0.717) is 0 Å². The zero-order valence-corrected chi connectivity index (χ0v) is 11.6. The Morgan fingerprint density at radius 1 is 1.22 bits per heavy atom. The Kier molecular flexibility index (Phi) is 4.05. The summed E-state index contributed by atoms with van der Waals surface area (Å²) < 4.78 is 0. The van der Waals surface area contributed by atoms with Crippen molar-refractivity contribution in [1.82, 2.24) is 5.32 Å². The summed E-state index contributed by atoms with van der Waals surface area (Å²) in [5, 5.41) is 3.15. The number of nitrogens with one attached hydrogen (secondary N) is 1. The monoisotopic (exact) mass is 245 g/mol. The van der Waals surface area contributed by atoms with E-state index < -0.39 is 0 Å². The van der Waals surface area contributed by atoms with Crippen molar-refractivity contribution < 1.29 is 4.79 Å². The summed E-state index contributed by atoms with van der Waals surface area (Å²) in [4.78, 5) is 12.1. The highest BCUT2D eigenvalue weighted by Crippen LogP contribution is 2.26. The Morgan fingerprint density at radius 2 is 1.89 bits per heavy atom. The number of carbonyl (C=O) groups excluding carboxylic acids is 1. The number of benzene rings is 1. The first-order chi connectivity index (χ1) is 8.58. The van der Waals surface area contributed by atoms with Gasteiger partial charge in [-0.05, 0) is 50.3 Å². The van der Waals surface area contributed by atoms with E-state index in [2.05, 4.69) is 44.3 Å². The first-order valence-corrected chi connectivity index (χ1v) is 6.95. The Bertz CT molecular complexity index is 433. The van der Waals surface area contributed by atoms with Crippen LogP contribution >= 0.6 is 0 Å². The van der Waals surface area contributed by atoms with E-state index in [4.69, 9.17) is 0 Å². The molecule has 0 saturated heterocycles. The van der Waals surface area contributed by atoms with Crippen molar-refractivity contribution in [2.75, 3.05) is 0 Å². The van der Waals surface area contributed by atoms with Gasteiger partial charge in [0.2, 0.25) is 5.91 Å². The molecule has 1 fully saturated rings. The predicted molar refractivity (Wildman–Crippen MR) is 74.4 cm³/mol. The van der Waals surface area contributed by atoms with Gasteiger partial charge in [-0.1, -0.05) is 31.0 Å². The van der Waals surface area contributed by atoms with Crippen LogP contribution in [0, 0.1) is 19.8 Å². The molecule has 1 atom stereocenters. The highest BCUT2D eigenvalue weighted by atomic mass is 16.1. The van der Waals surface area contributed by atoms with Crippen molar-refractivity contribution in [1.29, 1.82) is 0 Å². The molecule has 2 rings (SSSR count). The molecule has 0 aromatic heterocycles. The maximum absolute atomic E-state index is 12.1. The van der Waals surface area contributed by atoms with Gasteiger partial charge < -0.3 is 5.32 Å². The van der Waals surface area contributed by atoms with E-state index in [1.54, 1.807) is 0 Å². The summed E-state index contributed by atoms with van der Waals surface area (Å²) in [6.45, 7) is 6.29. The summed E-state index contributed by atoms with van der Waals surface area (Å²) in [5.74, 6) is 0.484. The maximum Gasteiger partial charge on any atom is 0.223 e. The molecule has 1 aliphatic rings. The lowest BCUT2D eigenvalue weighted by Gasteiger charge is -2.18. The molecule has 18 heavy (non-hydrogen) atoms. The minimum atomic E-state index is 0.109. The summed E-state index contributed by atoms with van der Waals surface area (Å²) in [6.07, 6.45) is 4.53. The molecular formula is C16H23NO. The van der Waals surface area contributed by atoms with Crippen LogP contribution in [0.15, 0.2) is 18.2 Å². The topological polar surface area (TPSA) is 29.1 Å². The Balaban J connectivity index is 2.00. The average molecular weight is 245 g/mol. The molecule has 1 aromatic carbocycles. The first-order valence-electron chi connectivity index (χ1n) is 6.95. The van der Waals surface area contributed by atoms with E-state index in [9.17, 15) is 4.79 Å². The predicted octanol–water partition coefficient (Wildman–Crippen LogP) is 3.67. The van der Waals surface area contributed by atoms with Crippen molar-refractivity contribution in [2.45, 2.75) is 52.5 Å². The van der Waals surface area contributed by atoms with Gasteiger partial charge in [0.25, 0.3) is 0 Å². The van der Waals surface area contributed by atoms with Gasteiger partial charge in [0, 0.05) is 5.92 Å². The molecule has 2 nitrogen and oxygen atoms in total. The third kappa shape index (κ3) is 2.92. The SMILES string of the molecule is Cc1ccc([C@H](C)NC(=O)C2CCCC2)cc1C. The van der Waals surface area contributed by atoms with E-state index in [-0.39, 0.29) is 17.9 Å². The third-order valence-electron chi connectivity index (χ3n) is 4.12. The largest absolute Gasteiger partial charge is 0.349 e. The Morgan fingerprint density at radius 3 is 2.50 bits per heavy atom. The van der Waals surface area contributed by atoms with Crippen molar-refractivity contribution in [3.05, 3.63) is 34.9 Å². The van der Waals surface area contributed by atoms with Crippen molar-refractivity contribution in [3.63, 3.8) is 0 Å². The smallest absolute Gasteiger partial charge is 0.223 e. The molecule has 1 N–H and O–H groups in total. The number of carbonyl (C=O) groups is 1. The highest BCUT2D eigenvalue weighted by molar-refractivity contribution is 5.79. The number of amides is 1. The molecule has 0 radical (unpaired) electrons. The second kappa shape index (κ2) is 5.55. The lowest BCUT2D eigenvalue weighted by Crippen LogP contribution is -2.31. The molecule has 1 aromatic rings. The molecule has 98 valence electrons. The standard InChI is InChI=1S/C16H23NO/c1-11-8-9-15(10-12(11)2)13(3)17-16(18)14-6-4-5-7-14/h8-10,13-14H,4-7H2,1-3H3,(H,17,18)/t13-/m0/s1. The fourth-order valence-electron chi connectivity index (χ4n) is 2.64. The van der Waals surface area contributed by atoms with Crippen LogP contribution in [0.2, 0.25) is 0 Å². The molecule has 0 unspecified atom stereocenters. The van der Waals surface area contributed by atoms with E-state index in [0.717, 1.165) is 12.8 Å². The second-order valence-corrected chi connectivity index (χ2v) is 5.56. The molecule has 1 amide bonds. The van der Waals surface area contributed by atoms with Crippen LogP contribution in [0.3, 0.4) is 0 Å². The molecule has 1 saturated carbocycles. The summed E-state index contributed by atoms with van der Waals surface area (Å²) in [7, 11) is 0. The van der Waals surface area contributed by atoms with E-state index in [1.807, 2.05) is 0 Å². The average Bonchev–Trinajstić information content (AvgIpc) is 2.86. The molecule has 0 heterocycles. The van der Waals surface area contributed by atoms with E-state index in [1.165, 1.54) is 29.5 Å². The van der Waals surface area contributed by atoms with Crippen LogP contribution in [-0.2, 0) is 4.79 Å². The van der Waals surface area contributed by atoms with Crippen LogP contribution in [0.1, 0.15) is 55.3 Å². The number of aryl methyl sites for hydroxylation is 2. The van der Waals surface area contributed by atoms with Crippen LogP contribution in [0.4, 0.5) is 0 Å². The zero-order chi connectivity index (χ0) is 13.1. The minimum Gasteiger partial charge on any atom is -0.349 e. The van der Waals surface area contributed by atoms with Gasteiger partial charge in [-0.15, -0.1) is 0 Å². The summed E-state index contributed by atoms with van der Waals surface area (Å²) in [6, 6.07) is 6.53. The fourth-order valence-corrected chi connectivity index (χ4v) is 2.64.